The summed E-state index contributed by atoms with van der Waals surface area (Å²) in [4.78, 5) is 4.24. The van der Waals surface area contributed by atoms with Crippen molar-refractivity contribution in [2.24, 2.45) is 7.05 Å². The van der Waals surface area contributed by atoms with Crippen LogP contribution in [0.5, 0.6) is 5.75 Å². The first kappa shape index (κ1) is 14.9. The van der Waals surface area contributed by atoms with Gasteiger partial charge in [0.1, 0.15) is 12.1 Å². The number of hydrogen-bond acceptors (Lipinski definition) is 5. The molecule has 0 aliphatic carbocycles. The summed E-state index contributed by atoms with van der Waals surface area (Å²) in [6, 6.07) is 8.43. The van der Waals surface area contributed by atoms with Crippen LogP contribution >= 0.6 is 11.8 Å². The SMILES string of the molecule is CCNC(CSc1ncnn1C)c1cccc(OC)c1. The molecule has 2 rings (SSSR count). The summed E-state index contributed by atoms with van der Waals surface area (Å²) in [5.41, 5.74) is 1.22. The normalized spacial score (nSPS) is 12.3. The third-order valence-corrected chi connectivity index (χ3v) is 4.12. The molecule has 1 aromatic heterocycles. The minimum Gasteiger partial charge on any atom is -0.497 e. The van der Waals surface area contributed by atoms with Crippen molar-refractivity contribution in [1.29, 1.82) is 0 Å². The molecule has 1 N–H and O–H groups in total. The summed E-state index contributed by atoms with van der Waals surface area (Å²) in [5.74, 6) is 1.78. The van der Waals surface area contributed by atoms with Gasteiger partial charge in [-0.15, -0.1) is 0 Å². The maximum atomic E-state index is 5.29. The van der Waals surface area contributed by atoms with E-state index in [0.29, 0.717) is 0 Å². The van der Waals surface area contributed by atoms with Gasteiger partial charge in [0.2, 0.25) is 0 Å². The monoisotopic (exact) mass is 292 g/mol. The van der Waals surface area contributed by atoms with E-state index in [9.17, 15) is 0 Å². The molecule has 1 heterocycles. The number of aryl methyl sites for hydroxylation is 1. The number of benzene rings is 1. The van der Waals surface area contributed by atoms with Crippen molar-refractivity contribution in [2.45, 2.75) is 18.1 Å². The van der Waals surface area contributed by atoms with Crippen LogP contribution in [0.1, 0.15) is 18.5 Å². The third-order valence-electron chi connectivity index (χ3n) is 3.00. The van der Waals surface area contributed by atoms with Crippen LogP contribution in [-0.2, 0) is 7.05 Å². The first-order chi connectivity index (χ1) is 9.74. The van der Waals surface area contributed by atoms with Gasteiger partial charge >= 0.3 is 0 Å². The summed E-state index contributed by atoms with van der Waals surface area (Å²) < 4.78 is 7.08. The molecule has 2 aromatic rings. The summed E-state index contributed by atoms with van der Waals surface area (Å²) in [7, 11) is 3.60. The van der Waals surface area contributed by atoms with E-state index in [1.54, 1.807) is 29.9 Å². The molecule has 1 unspecified atom stereocenters. The molecule has 1 aromatic carbocycles. The van der Waals surface area contributed by atoms with Gasteiger partial charge in [-0.25, -0.2) is 9.67 Å². The van der Waals surface area contributed by atoms with Gasteiger partial charge in [-0.05, 0) is 24.2 Å². The van der Waals surface area contributed by atoms with Gasteiger partial charge in [-0.2, -0.15) is 5.10 Å². The Balaban J connectivity index is 2.08. The first-order valence-electron chi connectivity index (χ1n) is 6.58. The molecule has 0 radical (unpaired) electrons. The van der Waals surface area contributed by atoms with Gasteiger partial charge < -0.3 is 10.1 Å². The Bertz CT molecular complexity index is 543. The highest BCUT2D eigenvalue weighted by molar-refractivity contribution is 7.99. The zero-order valence-corrected chi connectivity index (χ0v) is 12.9. The van der Waals surface area contributed by atoms with Gasteiger partial charge in [0.25, 0.3) is 0 Å². The van der Waals surface area contributed by atoms with Gasteiger partial charge in [0.05, 0.1) is 7.11 Å². The number of nitrogens with zero attached hydrogens (tertiary/aromatic N) is 3. The lowest BCUT2D eigenvalue weighted by Gasteiger charge is -2.18. The zero-order valence-electron chi connectivity index (χ0n) is 12.0. The minimum absolute atomic E-state index is 0.261. The summed E-state index contributed by atoms with van der Waals surface area (Å²) in [6.07, 6.45) is 1.58. The minimum atomic E-state index is 0.261. The number of hydrogen-bond donors (Lipinski definition) is 1. The van der Waals surface area contributed by atoms with E-state index in [1.807, 2.05) is 19.2 Å². The lowest BCUT2D eigenvalue weighted by atomic mass is 10.1. The quantitative estimate of drug-likeness (QED) is 0.793. The summed E-state index contributed by atoms with van der Waals surface area (Å²) >= 11 is 1.70. The molecule has 0 bridgehead atoms. The fraction of sp³-hybridized carbons (Fsp3) is 0.429. The number of nitrogens with one attached hydrogen (secondary N) is 1. The fourth-order valence-corrected chi connectivity index (χ4v) is 2.93. The molecule has 6 heteroatoms. The maximum Gasteiger partial charge on any atom is 0.185 e. The highest BCUT2D eigenvalue weighted by Gasteiger charge is 2.13. The molecule has 0 saturated carbocycles. The molecule has 0 fully saturated rings. The second-order valence-electron chi connectivity index (χ2n) is 4.36. The molecular formula is C14H20N4OS. The van der Waals surface area contributed by atoms with Crippen LogP contribution in [0.25, 0.3) is 0 Å². The van der Waals surface area contributed by atoms with E-state index in [0.717, 1.165) is 23.2 Å². The number of thioether (sulfide) groups is 1. The fourth-order valence-electron chi connectivity index (χ4n) is 1.95. The van der Waals surface area contributed by atoms with E-state index in [2.05, 4.69) is 34.5 Å². The molecule has 0 spiro atoms. The standard InChI is InChI=1S/C14H20N4OS/c1-4-15-13(9-20-14-16-10-17-18(14)2)11-6-5-7-12(8-11)19-3/h5-8,10,13,15H,4,9H2,1-3H3. The van der Waals surface area contributed by atoms with Gasteiger partial charge in [-0.3, -0.25) is 0 Å². The number of methoxy groups -OCH3 is 1. The molecular weight excluding hydrogens is 272 g/mol. The van der Waals surface area contributed by atoms with Crippen molar-refractivity contribution in [3.05, 3.63) is 36.2 Å². The van der Waals surface area contributed by atoms with Gasteiger partial charge in [0, 0.05) is 18.8 Å². The first-order valence-corrected chi connectivity index (χ1v) is 7.57. The molecule has 0 amide bonds. The van der Waals surface area contributed by atoms with Crippen LogP contribution in [0, 0.1) is 0 Å². The van der Waals surface area contributed by atoms with Crippen molar-refractivity contribution in [3.8, 4) is 5.75 Å². The zero-order chi connectivity index (χ0) is 14.4. The lowest BCUT2D eigenvalue weighted by Crippen LogP contribution is -2.23. The predicted molar refractivity (Wildman–Crippen MR) is 81.1 cm³/mol. The van der Waals surface area contributed by atoms with Crippen molar-refractivity contribution in [3.63, 3.8) is 0 Å². The molecule has 5 nitrogen and oxygen atoms in total. The maximum absolute atomic E-state index is 5.29. The lowest BCUT2D eigenvalue weighted by molar-refractivity contribution is 0.413. The molecule has 0 aliphatic rings. The number of ether oxygens (including phenoxy) is 1. The van der Waals surface area contributed by atoms with Crippen LogP contribution in [0.2, 0.25) is 0 Å². The average Bonchev–Trinajstić information content (AvgIpc) is 2.89. The average molecular weight is 292 g/mol. The molecule has 1 atom stereocenters. The topological polar surface area (TPSA) is 52.0 Å². The summed E-state index contributed by atoms with van der Waals surface area (Å²) in [6.45, 7) is 3.03. The molecule has 0 aliphatic heterocycles. The van der Waals surface area contributed by atoms with Crippen molar-refractivity contribution in [1.82, 2.24) is 20.1 Å². The van der Waals surface area contributed by atoms with E-state index < -0.39 is 0 Å². The molecule has 20 heavy (non-hydrogen) atoms. The Kier molecular flexibility index (Phi) is 5.43. The number of aromatic nitrogens is 3. The van der Waals surface area contributed by atoms with Crippen LogP contribution in [-0.4, -0.2) is 34.2 Å². The Hall–Kier alpha value is -1.53. The third kappa shape index (κ3) is 3.74. The Morgan fingerprint density at radius 1 is 1.45 bits per heavy atom. The molecule has 108 valence electrons. The highest BCUT2D eigenvalue weighted by Crippen LogP contribution is 2.25. The van der Waals surface area contributed by atoms with E-state index in [-0.39, 0.29) is 6.04 Å². The Morgan fingerprint density at radius 3 is 2.95 bits per heavy atom. The predicted octanol–water partition coefficient (Wildman–Crippen LogP) is 2.27. The van der Waals surface area contributed by atoms with Crippen LogP contribution in [0.15, 0.2) is 35.7 Å². The van der Waals surface area contributed by atoms with Crippen LogP contribution in [0.3, 0.4) is 0 Å². The van der Waals surface area contributed by atoms with Crippen LogP contribution < -0.4 is 10.1 Å². The second-order valence-corrected chi connectivity index (χ2v) is 5.35. The van der Waals surface area contributed by atoms with Crippen molar-refractivity contribution in [2.75, 3.05) is 19.4 Å². The Labute approximate surface area is 123 Å². The van der Waals surface area contributed by atoms with Crippen molar-refractivity contribution < 1.29 is 4.74 Å². The van der Waals surface area contributed by atoms with Gasteiger partial charge in [0.15, 0.2) is 5.16 Å². The molecule has 0 saturated heterocycles. The van der Waals surface area contributed by atoms with Gasteiger partial charge in [-0.1, -0.05) is 30.8 Å². The summed E-state index contributed by atoms with van der Waals surface area (Å²) in [5, 5.41) is 8.51. The van der Waals surface area contributed by atoms with Crippen LogP contribution in [0.4, 0.5) is 0 Å². The highest BCUT2D eigenvalue weighted by atomic mass is 32.2. The smallest absolute Gasteiger partial charge is 0.185 e. The van der Waals surface area contributed by atoms with E-state index >= 15 is 0 Å². The number of rotatable bonds is 7. The second kappa shape index (κ2) is 7.31. The Morgan fingerprint density at radius 2 is 2.30 bits per heavy atom. The van der Waals surface area contributed by atoms with E-state index in [4.69, 9.17) is 4.74 Å². The van der Waals surface area contributed by atoms with E-state index in [1.165, 1.54) is 5.56 Å². The van der Waals surface area contributed by atoms with Crippen molar-refractivity contribution >= 4 is 11.8 Å². The largest absolute Gasteiger partial charge is 0.497 e.